The van der Waals surface area contributed by atoms with E-state index in [1.165, 1.54) is 5.56 Å². The van der Waals surface area contributed by atoms with Crippen molar-refractivity contribution < 1.29 is 4.74 Å². The number of rotatable bonds is 6. The smallest absolute Gasteiger partial charge is 0.0780 e. The molecule has 1 N–H and O–H groups in total. The van der Waals surface area contributed by atoms with Crippen LogP contribution in [-0.2, 0) is 11.3 Å². The quantitative estimate of drug-likeness (QED) is 0.866. The minimum Gasteiger partial charge on any atom is -0.369 e. The van der Waals surface area contributed by atoms with Crippen LogP contribution in [0.3, 0.4) is 0 Å². The predicted octanol–water partition coefficient (Wildman–Crippen LogP) is 3.35. The molecule has 1 atom stereocenters. The summed E-state index contributed by atoms with van der Waals surface area (Å²) in [6.45, 7) is 5.82. The fourth-order valence-electron chi connectivity index (χ4n) is 1.54. The van der Waals surface area contributed by atoms with E-state index in [0.29, 0.717) is 6.61 Å². The number of benzene rings is 1. The van der Waals surface area contributed by atoms with Gasteiger partial charge >= 0.3 is 0 Å². The fraction of sp³-hybridized carbons (Fsp3) is 0.538. The van der Waals surface area contributed by atoms with Crippen molar-refractivity contribution in [2.24, 2.45) is 0 Å². The van der Waals surface area contributed by atoms with E-state index in [1.54, 1.807) is 0 Å². The predicted molar refractivity (Wildman–Crippen MR) is 71.6 cm³/mol. The third-order valence-corrected chi connectivity index (χ3v) is 3.27. The lowest BCUT2D eigenvalue weighted by Gasteiger charge is -2.28. The van der Waals surface area contributed by atoms with Crippen LogP contribution in [-0.4, -0.2) is 19.2 Å². The average Bonchev–Trinajstić information content (AvgIpc) is 2.27. The highest BCUT2D eigenvalue weighted by molar-refractivity contribution is 9.10. The summed E-state index contributed by atoms with van der Waals surface area (Å²) < 4.78 is 7.07. The Balaban J connectivity index is 2.55. The number of halogens is 1. The number of hydrogen-bond donors (Lipinski definition) is 1. The van der Waals surface area contributed by atoms with Crippen LogP contribution in [0.4, 0.5) is 0 Å². The van der Waals surface area contributed by atoms with Crippen molar-refractivity contribution in [3.8, 4) is 0 Å². The Morgan fingerprint density at radius 3 is 2.75 bits per heavy atom. The molecule has 0 amide bonds. The molecule has 0 radical (unpaired) electrons. The van der Waals surface area contributed by atoms with Gasteiger partial charge in [-0.25, -0.2) is 0 Å². The molecule has 3 heteroatoms. The number of hydrogen-bond acceptors (Lipinski definition) is 2. The molecule has 1 aromatic rings. The van der Waals surface area contributed by atoms with Crippen molar-refractivity contribution in [3.63, 3.8) is 0 Å². The molecular formula is C13H20BrNO. The van der Waals surface area contributed by atoms with Gasteiger partial charge in [0.2, 0.25) is 0 Å². The van der Waals surface area contributed by atoms with Gasteiger partial charge in [-0.3, -0.25) is 0 Å². The van der Waals surface area contributed by atoms with Crippen molar-refractivity contribution in [1.29, 1.82) is 0 Å². The van der Waals surface area contributed by atoms with Crippen LogP contribution >= 0.6 is 15.9 Å². The Bertz CT molecular complexity index is 329. The van der Waals surface area contributed by atoms with E-state index in [0.717, 1.165) is 17.4 Å². The average molecular weight is 286 g/mol. The van der Waals surface area contributed by atoms with E-state index in [9.17, 15) is 0 Å². The summed E-state index contributed by atoms with van der Waals surface area (Å²) >= 11 is 3.46. The molecule has 0 aliphatic rings. The topological polar surface area (TPSA) is 21.3 Å². The zero-order valence-electron chi connectivity index (χ0n) is 10.2. The lowest BCUT2D eigenvalue weighted by Crippen LogP contribution is -2.38. The van der Waals surface area contributed by atoms with Gasteiger partial charge < -0.3 is 10.1 Å². The van der Waals surface area contributed by atoms with E-state index in [-0.39, 0.29) is 5.60 Å². The first-order valence-electron chi connectivity index (χ1n) is 5.62. The maximum atomic E-state index is 5.98. The maximum Gasteiger partial charge on any atom is 0.0780 e. The van der Waals surface area contributed by atoms with E-state index < -0.39 is 0 Å². The highest BCUT2D eigenvalue weighted by Crippen LogP contribution is 2.18. The van der Waals surface area contributed by atoms with E-state index in [4.69, 9.17) is 4.74 Å². The standard InChI is InChI=1S/C13H20BrNO/c1-4-13(2,10-15-3)16-9-11-6-5-7-12(14)8-11/h5-8,15H,4,9-10H2,1-3H3. The minimum atomic E-state index is -0.0862. The molecule has 90 valence electrons. The third kappa shape index (κ3) is 4.24. The number of nitrogens with one attached hydrogen (secondary N) is 1. The Morgan fingerprint density at radius 1 is 1.44 bits per heavy atom. The molecule has 16 heavy (non-hydrogen) atoms. The van der Waals surface area contributed by atoms with Gasteiger partial charge in [0, 0.05) is 11.0 Å². The van der Waals surface area contributed by atoms with Gasteiger partial charge in [0.1, 0.15) is 0 Å². The van der Waals surface area contributed by atoms with Crippen LogP contribution in [0.5, 0.6) is 0 Å². The fourth-order valence-corrected chi connectivity index (χ4v) is 1.98. The summed E-state index contributed by atoms with van der Waals surface area (Å²) in [5.74, 6) is 0. The highest BCUT2D eigenvalue weighted by atomic mass is 79.9. The van der Waals surface area contributed by atoms with Crippen LogP contribution in [0.15, 0.2) is 28.7 Å². The Kier molecular flexibility index (Phi) is 5.46. The van der Waals surface area contributed by atoms with Crippen molar-refractivity contribution in [3.05, 3.63) is 34.3 Å². The minimum absolute atomic E-state index is 0.0862. The molecule has 1 rings (SSSR count). The van der Waals surface area contributed by atoms with Gasteiger partial charge in [-0.2, -0.15) is 0 Å². The molecule has 1 unspecified atom stereocenters. The van der Waals surface area contributed by atoms with Crippen molar-refractivity contribution >= 4 is 15.9 Å². The monoisotopic (exact) mass is 285 g/mol. The van der Waals surface area contributed by atoms with Crippen molar-refractivity contribution in [2.75, 3.05) is 13.6 Å². The molecule has 0 saturated heterocycles. The number of likely N-dealkylation sites (N-methyl/N-ethyl adjacent to an activating group) is 1. The lowest BCUT2D eigenvalue weighted by atomic mass is 10.0. The molecule has 0 aliphatic carbocycles. The van der Waals surface area contributed by atoms with Crippen molar-refractivity contribution in [1.82, 2.24) is 5.32 Å². The molecule has 0 aliphatic heterocycles. The molecule has 2 nitrogen and oxygen atoms in total. The van der Waals surface area contributed by atoms with Gasteiger partial charge in [-0.05, 0) is 38.1 Å². The zero-order chi connectivity index (χ0) is 12.0. The normalized spacial score (nSPS) is 14.8. The summed E-state index contributed by atoms with van der Waals surface area (Å²) in [6.07, 6.45) is 1.00. The summed E-state index contributed by atoms with van der Waals surface area (Å²) in [6, 6.07) is 8.23. The van der Waals surface area contributed by atoms with Gasteiger partial charge in [0.15, 0.2) is 0 Å². The third-order valence-electron chi connectivity index (χ3n) is 2.77. The first-order valence-corrected chi connectivity index (χ1v) is 6.42. The molecular weight excluding hydrogens is 266 g/mol. The second kappa shape index (κ2) is 6.38. The molecule has 0 fully saturated rings. The second-order valence-electron chi connectivity index (χ2n) is 4.25. The second-order valence-corrected chi connectivity index (χ2v) is 5.17. The van der Waals surface area contributed by atoms with E-state index in [2.05, 4.69) is 47.2 Å². The van der Waals surface area contributed by atoms with Crippen LogP contribution in [0.25, 0.3) is 0 Å². The van der Waals surface area contributed by atoms with E-state index in [1.807, 2.05) is 19.2 Å². The van der Waals surface area contributed by atoms with Gasteiger partial charge in [-0.15, -0.1) is 0 Å². The SMILES string of the molecule is CCC(C)(CNC)OCc1cccc(Br)c1. The van der Waals surface area contributed by atoms with Crippen molar-refractivity contribution in [2.45, 2.75) is 32.5 Å². The molecule has 0 bridgehead atoms. The van der Waals surface area contributed by atoms with Crippen LogP contribution in [0.2, 0.25) is 0 Å². The summed E-state index contributed by atoms with van der Waals surface area (Å²) in [4.78, 5) is 0. The zero-order valence-corrected chi connectivity index (χ0v) is 11.8. The highest BCUT2D eigenvalue weighted by Gasteiger charge is 2.21. The van der Waals surface area contributed by atoms with Crippen LogP contribution in [0, 0.1) is 0 Å². The largest absolute Gasteiger partial charge is 0.369 e. The first kappa shape index (κ1) is 13.7. The number of ether oxygens (including phenoxy) is 1. The lowest BCUT2D eigenvalue weighted by molar-refractivity contribution is -0.0432. The molecule has 0 heterocycles. The molecule has 0 saturated carbocycles. The summed E-state index contributed by atoms with van der Waals surface area (Å²) in [5.41, 5.74) is 1.11. The molecule has 0 spiro atoms. The first-order chi connectivity index (χ1) is 7.59. The summed E-state index contributed by atoms with van der Waals surface area (Å²) in [7, 11) is 1.95. The Morgan fingerprint density at radius 2 is 2.19 bits per heavy atom. The maximum absolute atomic E-state index is 5.98. The Labute approximate surface area is 107 Å². The van der Waals surface area contributed by atoms with Gasteiger partial charge in [0.25, 0.3) is 0 Å². The van der Waals surface area contributed by atoms with E-state index >= 15 is 0 Å². The van der Waals surface area contributed by atoms with Crippen LogP contribution in [0.1, 0.15) is 25.8 Å². The van der Waals surface area contributed by atoms with Gasteiger partial charge in [0.05, 0.1) is 12.2 Å². The van der Waals surface area contributed by atoms with Gasteiger partial charge in [-0.1, -0.05) is 35.0 Å². The molecule has 1 aromatic carbocycles. The molecule has 0 aromatic heterocycles. The Hall–Kier alpha value is -0.380. The van der Waals surface area contributed by atoms with Crippen LogP contribution < -0.4 is 5.32 Å². The summed E-state index contributed by atoms with van der Waals surface area (Å²) in [5, 5.41) is 3.17.